The van der Waals surface area contributed by atoms with Gasteiger partial charge in [-0.05, 0) is 179 Å². The molecule has 0 bridgehead atoms. The SMILES string of the molecule is [2H]C=CC([2H])C([2H])/C=C/C(CC(=C)C(C)(C)C)C(=C)N1C2=C3B(C4=C1CC(C(C)C)C(C(C)(C)CC)=C4)c1sc4cc5c(cc4c1N(c1ccc4c(c1)C(C)CCC4(C)C)C3CC(C)=C2)C(C)(C)CCC5(C)C. The van der Waals surface area contributed by atoms with Crippen molar-refractivity contribution in [3.63, 3.8) is 0 Å². The number of nitrogens with zero attached hydrogens (tertiary/aromatic N) is 2. The molecule has 6 unspecified atom stereocenters. The van der Waals surface area contributed by atoms with Gasteiger partial charge < -0.3 is 9.80 Å². The molecule has 0 radical (unpaired) electrons. The van der Waals surface area contributed by atoms with E-state index in [1.54, 1.807) is 5.57 Å². The van der Waals surface area contributed by atoms with Gasteiger partial charge in [0.15, 0.2) is 0 Å². The molecule has 9 rings (SSSR count). The van der Waals surface area contributed by atoms with E-state index in [4.69, 9.17) is 17.3 Å². The van der Waals surface area contributed by atoms with Crippen LogP contribution in [0.25, 0.3) is 10.1 Å². The highest BCUT2D eigenvalue weighted by molar-refractivity contribution is 7.32. The topological polar surface area (TPSA) is 6.48 Å². The summed E-state index contributed by atoms with van der Waals surface area (Å²) in [5.74, 6) is 1.11. The van der Waals surface area contributed by atoms with E-state index in [2.05, 4.69) is 180 Å². The van der Waals surface area contributed by atoms with Crippen molar-refractivity contribution < 1.29 is 4.11 Å². The summed E-state index contributed by atoms with van der Waals surface area (Å²) in [6.07, 6.45) is 17.5. The highest BCUT2D eigenvalue weighted by Crippen LogP contribution is 2.58. The van der Waals surface area contributed by atoms with Gasteiger partial charge in [-0.25, -0.2) is 0 Å². The number of anilines is 2. The van der Waals surface area contributed by atoms with Crippen LogP contribution in [0.15, 0.2) is 125 Å². The number of fused-ring (bicyclic) bond motifs is 7. The zero-order valence-electron chi connectivity index (χ0n) is 49.3. The van der Waals surface area contributed by atoms with Gasteiger partial charge >= 0.3 is 0 Å². The molecule has 0 N–H and O–H groups in total. The van der Waals surface area contributed by atoms with Crippen LogP contribution in [0.5, 0.6) is 0 Å². The average Bonchev–Trinajstić information content (AvgIpc) is 3.69. The van der Waals surface area contributed by atoms with Crippen molar-refractivity contribution in [1.82, 2.24) is 4.90 Å². The largest absolute Gasteiger partial charge is 0.334 e. The molecule has 3 aromatic rings. The van der Waals surface area contributed by atoms with Crippen LogP contribution < -0.4 is 9.68 Å². The molecule has 4 aliphatic carbocycles. The lowest BCUT2D eigenvalue weighted by molar-refractivity contribution is 0.299. The van der Waals surface area contributed by atoms with E-state index in [-0.39, 0.29) is 45.7 Å². The van der Waals surface area contributed by atoms with Gasteiger partial charge in [0.1, 0.15) is 0 Å². The minimum absolute atomic E-state index is 0.0130. The fourth-order valence-electron chi connectivity index (χ4n) is 13.4. The third kappa shape index (κ3) is 8.48. The summed E-state index contributed by atoms with van der Waals surface area (Å²) < 4.78 is 28.3. The maximum Gasteiger partial charge on any atom is 0.259 e. The molecule has 70 heavy (non-hydrogen) atoms. The summed E-state index contributed by atoms with van der Waals surface area (Å²) in [7, 11) is 0. The normalized spacial score (nSPS) is 25.6. The number of allylic oxidation sites excluding steroid dienone is 9. The Bertz CT molecular complexity index is 2940. The summed E-state index contributed by atoms with van der Waals surface area (Å²) in [4.78, 5) is 5.46. The summed E-state index contributed by atoms with van der Waals surface area (Å²) in [6.45, 7) is 49.6. The van der Waals surface area contributed by atoms with Crippen LogP contribution >= 0.6 is 11.3 Å². The van der Waals surface area contributed by atoms with E-state index in [1.807, 2.05) is 6.08 Å². The molecule has 0 fully saturated rings. The fourth-order valence-corrected chi connectivity index (χ4v) is 14.8. The van der Waals surface area contributed by atoms with Gasteiger partial charge in [-0.2, -0.15) is 0 Å². The zero-order valence-corrected chi connectivity index (χ0v) is 47.2. The molecule has 2 nitrogen and oxygen atoms in total. The van der Waals surface area contributed by atoms with Crippen LogP contribution in [-0.2, 0) is 16.2 Å². The van der Waals surface area contributed by atoms with Crippen LogP contribution in [0.3, 0.4) is 0 Å². The molecule has 1 aromatic heterocycles. The number of hydrogen-bond acceptors (Lipinski definition) is 3. The van der Waals surface area contributed by atoms with Crippen molar-refractivity contribution in [3.8, 4) is 0 Å². The minimum Gasteiger partial charge on any atom is -0.334 e. The van der Waals surface area contributed by atoms with Gasteiger partial charge in [-0.3, -0.25) is 0 Å². The van der Waals surface area contributed by atoms with Gasteiger partial charge in [0.05, 0.1) is 13.1 Å². The Morgan fingerprint density at radius 1 is 0.929 bits per heavy atom. The molecule has 0 spiro atoms. The van der Waals surface area contributed by atoms with Crippen LogP contribution in [0.1, 0.15) is 207 Å². The number of rotatable bonds is 12. The van der Waals surface area contributed by atoms with Gasteiger partial charge in [0, 0.05) is 46.3 Å². The molecule has 2 aromatic carbocycles. The van der Waals surface area contributed by atoms with Crippen molar-refractivity contribution in [3.05, 3.63) is 147 Å². The van der Waals surface area contributed by atoms with Gasteiger partial charge in [0.25, 0.3) is 6.71 Å². The van der Waals surface area contributed by atoms with E-state index < -0.39 is 12.8 Å². The van der Waals surface area contributed by atoms with Crippen molar-refractivity contribution in [2.75, 3.05) is 4.90 Å². The highest BCUT2D eigenvalue weighted by atomic mass is 32.1. The first-order valence-electron chi connectivity index (χ1n) is 28.9. The van der Waals surface area contributed by atoms with Crippen LogP contribution in [0.4, 0.5) is 11.4 Å². The van der Waals surface area contributed by atoms with E-state index in [0.717, 1.165) is 37.1 Å². The maximum absolute atomic E-state index is 9.04. The fraction of sp³-hybridized carbons (Fsp3) is 0.545. The Balaban J connectivity index is 1.38. The van der Waals surface area contributed by atoms with E-state index in [0.29, 0.717) is 24.2 Å². The third-order valence-corrected chi connectivity index (χ3v) is 20.0. The first-order valence-corrected chi connectivity index (χ1v) is 28.0. The molecule has 4 heteroatoms. The van der Waals surface area contributed by atoms with Crippen LogP contribution in [0.2, 0.25) is 0 Å². The van der Waals surface area contributed by atoms with Gasteiger partial charge in [-0.1, -0.05) is 164 Å². The molecule has 6 aliphatic rings. The minimum atomic E-state index is -0.826. The Hall–Kier alpha value is -4.02. The van der Waals surface area contributed by atoms with Crippen molar-refractivity contribution >= 4 is 44.3 Å². The second-order valence-electron chi connectivity index (χ2n) is 26.7. The smallest absolute Gasteiger partial charge is 0.259 e. The maximum atomic E-state index is 9.04. The first kappa shape index (κ1) is 47.0. The Morgan fingerprint density at radius 3 is 2.27 bits per heavy atom. The lowest BCUT2D eigenvalue weighted by Gasteiger charge is -2.53. The Labute approximate surface area is 435 Å². The summed E-state index contributed by atoms with van der Waals surface area (Å²) in [5, 5.41) is 1.41. The van der Waals surface area contributed by atoms with E-state index >= 15 is 0 Å². The summed E-state index contributed by atoms with van der Waals surface area (Å²) in [6, 6.07) is 13.0. The molecular formula is C66H89BN2S. The number of hydrogen-bond donors (Lipinski definition) is 0. The van der Waals surface area contributed by atoms with E-state index in [1.165, 1.54) is 108 Å². The number of thiophene rings is 1. The second-order valence-corrected chi connectivity index (χ2v) is 27.8. The van der Waals surface area contributed by atoms with E-state index in [9.17, 15) is 0 Å². The highest BCUT2D eigenvalue weighted by Gasteiger charge is 2.53. The molecule has 2 aliphatic heterocycles. The van der Waals surface area contributed by atoms with Crippen LogP contribution in [0, 0.1) is 28.6 Å². The molecule has 0 amide bonds. The van der Waals surface area contributed by atoms with Crippen molar-refractivity contribution in [2.24, 2.45) is 28.6 Å². The molecule has 6 atom stereocenters. The zero-order chi connectivity index (χ0) is 53.2. The lowest BCUT2D eigenvalue weighted by Crippen LogP contribution is -2.56. The number of benzene rings is 2. The van der Waals surface area contributed by atoms with Crippen molar-refractivity contribution in [1.29, 1.82) is 0 Å². The van der Waals surface area contributed by atoms with Crippen LogP contribution in [-0.4, -0.2) is 17.7 Å². The standard InChI is InChI=1S/C66H89BN2S/c1-20-22-23-24-25-45(34-43(7)62(9,10)11)44(8)68-55-37-47(40(3)4)51(63(12,13)21-2)38-54(55)67-59-56(68)32-41(5)33-57(59)69(46-26-27-50-48(35-46)42(6)28-29-64(50,14)15)60-49-36-52-53(39-58(49)70-61(60)67)66(18,19)31-30-65(52,16)17/h20,24-27,32,35-36,38-40,42,45,47,57H,1,7-8,21-23,28-31,33-34,37H2,2-6,9-19H3/b25-24+/i1D,22D,23D/b20-1?,25-24+. The average molecular weight is 956 g/mol. The molecular weight excluding hydrogens is 864 g/mol. The Morgan fingerprint density at radius 2 is 1.61 bits per heavy atom. The quantitative estimate of drug-likeness (QED) is 0.132. The summed E-state index contributed by atoms with van der Waals surface area (Å²) >= 11 is 2.07. The summed E-state index contributed by atoms with van der Waals surface area (Å²) in [5.41, 5.74) is 19.6. The molecule has 0 saturated heterocycles. The monoisotopic (exact) mass is 956 g/mol. The van der Waals surface area contributed by atoms with Gasteiger partial charge in [0.2, 0.25) is 0 Å². The first-order chi connectivity index (χ1) is 34.0. The predicted molar refractivity (Wildman–Crippen MR) is 309 cm³/mol. The third-order valence-electron chi connectivity index (χ3n) is 18.8. The second kappa shape index (κ2) is 17.9. The molecule has 0 saturated carbocycles. The lowest BCUT2D eigenvalue weighted by atomic mass is 9.32. The predicted octanol–water partition coefficient (Wildman–Crippen LogP) is 18.6. The Kier molecular flexibility index (Phi) is 12.0. The molecule has 3 heterocycles. The van der Waals surface area contributed by atoms with Crippen molar-refractivity contribution in [2.45, 2.75) is 203 Å². The molecule has 372 valence electrons. The van der Waals surface area contributed by atoms with Gasteiger partial charge in [-0.15, -0.1) is 17.9 Å².